The van der Waals surface area contributed by atoms with Crippen molar-refractivity contribution in [3.8, 4) is 0 Å². The van der Waals surface area contributed by atoms with Crippen LogP contribution in [0.15, 0.2) is 24.4 Å². The SMILES string of the molecule is O=S([O-])OC(NCCCCN1CCN(c2ccccn2)CC1)C1CCCCC1. The minimum absolute atomic E-state index is 0.311. The maximum Gasteiger partial charge on any atom is 0.128 e. The van der Waals surface area contributed by atoms with Crippen LogP contribution in [-0.4, -0.2) is 64.1 Å². The van der Waals surface area contributed by atoms with E-state index in [9.17, 15) is 8.76 Å². The van der Waals surface area contributed by atoms with Gasteiger partial charge in [-0.05, 0) is 56.8 Å². The fraction of sp³-hybridized carbons (Fsp3) is 0.750. The van der Waals surface area contributed by atoms with Crippen molar-refractivity contribution in [1.29, 1.82) is 0 Å². The van der Waals surface area contributed by atoms with Crippen molar-refractivity contribution in [2.24, 2.45) is 5.92 Å². The van der Waals surface area contributed by atoms with E-state index >= 15 is 0 Å². The van der Waals surface area contributed by atoms with Gasteiger partial charge in [0.25, 0.3) is 0 Å². The van der Waals surface area contributed by atoms with Gasteiger partial charge in [0.05, 0.1) is 11.4 Å². The summed E-state index contributed by atoms with van der Waals surface area (Å²) in [5.41, 5.74) is 0. The van der Waals surface area contributed by atoms with Gasteiger partial charge in [-0.15, -0.1) is 0 Å². The summed E-state index contributed by atoms with van der Waals surface area (Å²) in [6.07, 6.45) is 9.31. The first-order valence-electron chi connectivity index (χ1n) is 10.6. The molecular weight excluding hydrogens is 376 g/mol. The molecule has 7 nitrogen and oxygen atoms in total. The van der Waals surface area contributed by atoms with Gasteiger partial charge < -0.3 is 9.45 Å². The Morgan fingerprint density at radius 2 is 1.96 bits per heavy atom. The predicted molar refractivity (Wildman–Crippen MR) is 110 cm³/mol. The van der Waals surface area contributed by atoms with Crippen LogP contribution in [0.4, 0.5) is 5.82 Å². The number of anilines is 1. The van der Waals surface area contributed by atoms with Gasteiger partial charge in [-0.3, -0.25) is 14.4 Å². The Bertz CT molecular complexity index is 578. The van der Waals surface area contributed by atoms with E-state index < -0.39 is 11.4 Å². The van der Waals surface area contributed by atoms with Gasteiger partial charge in [0, 0.05) is 32.4 Å². The van der Waals surface area contributed by atoms with Gasteiger partial charge in [-0.1, -0.05) is 25.3 Å². The molecule has 158 valence electrons. The third-order valence-electron chi connectivity index (χ3n) is 5.85. The fourth-order valence-corrected chi connectivity index (χ4v) is 4.64. The van der Waals surface area contributed by atoms with Crippen LogP contribution in [0.25, 0.3) is 0 Å². The largest absolute Gasteiger partial charge is 0.750 e. The predicted octanol–water partition coefficient (Wildman–Crippen LogP) is 2.29. The van der Waals surface area contributed by atoms with Crippen molar-refractivity contribution in [3.05, 3.63) is 24.4 Å². The molecule has 1 aromatic heterocycles. The molecule has 0 aromatic carbocycles. The average Bonchev–Trinajstić information content (AvgIpc) is 2.74. The minimum atomic E-state index is -2.46. The summed E-state index contributed by atoms with van der Waals surface area (Å²) in [6, 6.07) is 6.06. The Morgan fingerprint density at radius 1 is 1.18 bits per heavy atom. The molecule has 2 atom stereocenters. The van der Waals surface area contributed by atoms with E-state index in [0.29, 0.717) is 5.92 Å². The van der Waals surface area contributed by atoms with Crippen LogP contribution in [-0.2, 0) is 15.5 Å². The second-order valence-corrected chi connectivity index (χ2v) is 8.40. The Labute approximate surface area is 171 Å². The number of aromatic nitrogens is 1. The quantitative estimate of drug-likeness (QED) is 0.361. The van der Waals surface area contributed by atoms with Crippen molar-refractivity contribution < 1.29 is 12.9 Å². The van der Waals surface area contributed by atoms with Crippen LogP contribution >= 0.6 is 0 Å². The number of hydrogen-bond acceptors (Lipinski definition) is 7. The lowest BCUT2D eigenvalue weighted by atomic mass is 9.88. The van der Waals surface area contributed by atoms with Gasteiger partial charge in [-0.25, -0.2) is 9.19 Å². The van der Waals surface area contributed by atoms with Gasteiger partial charge in [0.2, 0.25) is 0 Å². The van der Waals surface area contributed by atoms with Gasteiger partial charge in [-0.2, -0.15) is 0 Å². The molecular formula is C20H33N4O3S-. The van der Waals surface area contributed by atoms with E-state index in [-0.39, 0.29) is 6.23 Å². The number of nitrogens with one attached hydrogen (secondary N) is 1. The maximum absolute atomic E-state index is 11.0. The molecule has 1 saturated heterocycles. The molecule has 3 rings (SSSR count). The van der Waals surface area contributed by atoms with E-state index in [1.54, 1.807) is 0 Å². The first-order chi connectivity index (χ1) is 13.7. The summed E-state index contributed by atoms with van der Waals surface area (Å²) in [7, 11) is 0. The molecule has 0 bridgehead atoms. The number of rotatable bonds is 10. The number of unbranched alkanes of at least 4 members (excludes halogenated alkanes) is 1. The summed E-state index contributed by atoms with van der Waals surface area (Å²) in [4.78, 5) is 9.27. The van der Waals surface area contributed by atoms with Crippen molar-refractivity contribution in [3.63, 3.8) is 0 Å². The zero-order valence-corrected chi connectivity index (χ0v) is 17.4. The van der Waals surface area contributed by atoms with Crippen molar-refractivity contribution in [2.75, 3.05) is 44.2 Å². The van der Waals surface area contributed by atoms with E-state index in [1.807, 2.05) is 18.3 Å². The normalized spacial score (nSPS) is 21.5. The maximum atomic E-state index is 11.0. The summed E-state index contributed by atoms with van der Waals surface area (Å²) < 4.78 is 27.1. The lowest BCUT2D eigenvalue weighted by Gasteiger charge is -2.35. The Balaban J connectivity index is 1.30. The first kappa shape index (κ1) is 21.6. The van der Waals surface area contributed by atoms with Gasteiger partial charge in [0.1, 0.15) is 12.0 Å². The molecule has 2 unspecified atom stereocenters. The second kappa shape index (κ2) is 11.8. The highest BCUT2D eigenvalue weighted by Crippen LogP contribution is 2.27. The van der Waals surface area contributed by atoms with Gasteiger partial charge in [0.15, 0.2) is 0 Å². The molecule has 2 heterocycles. The zero-order valence-electron chi connectivity index (χ0n) is 16.6. The number of hydrogen-bond donors (Lipinski definition) is 1. The Kier molecular flexibility index (Phi) is 9.14. The monoisotopic (exact) mass is 409 g/mol. The fourth-order valence-electron chi connectivity index (χ4n) is 4.25. The number of pyridine rings is 1. The summed E-state index contributed by atoms with van der Waals surface area (Å²) in [6.45, 7) is 6.04. The number of piperazine rings is 1. The van der Waals surface area contributed by atoms with Crippen LogP contribution in [0.2, 0.25) is 0 Å². The van der Waals surface area contributed by atoms with Crippen molar-refractivity contribution in [2.45, 2.75) is 51.2 Å². The van der Waals surface area contributed by atoms with Crippen molar-refractivity contribution in [1.82, 2.24) is 15.2 Å². The lowest BCUT2D eigenvalue weighted by Crippen LogP contribution is -2.47. The van der Waals surface area contributed by atoms with E-state index in [2.05, 4.69) is 26.2 Å². The van der Waals surface area contributed by atoms with Crippen LogP contribution in [0.5, 0.6) is 0 Å². The van der Waals surface area contributed by atoms with E-state index in [0.717, 1.165) is 70.8 Å². The number of nitrogens with zero attached hydrogens (tertiary/aromatic N) is 3. The lowest BCUT2D eigenvalue weighted by molar-refractivity contribution is 0.0801. The van der Waals surface area contributed by atoms with Crippen LogP contribution < -0.4 is 10.2 Å². The molecule has 28 heavy (non-hydrogen) atoms. The molecule has 1 aliphatic carbocycles. The van der Waals surface area contributed by atoms with Gasteiger partial charge >= 0.3 is 0 Å². The van der Waals surface area contributed by atoms with Crippen molar-refractivity contribution >= 4 is 17.2 Å². The van der Waals surface area contributed by atoms with Crippen LogP contribution in [0.1, 0.15) is 44.9 Å². The molecule has 2 aliphatic rings. The molecule has 2 fully saturated rings. The van der Waals surface area contributed by atoms with Crippen LogP contribution in [0.3, 0.4) is 0 Å². The van der Waals surface area contributed by atoms with Crippen LogP contribution in [0, 0.1) is 5.92 Å². The molecule has 1 saturated carbocycles. The molecule has 8 heteroatoms. The topological polar surface area (TPSA) is 80.8 Å². The Hall–Kier alpha value is -1.06. The highest BCUT2D eigenvalue weighted by atomic mass is 32.2. The van der Waals surface area contributed by atoms with E-state index in [4.69, 9.17) is 4.18 Å². The second-order valence-electron chi connectivity index (χ2n) is 7.80. The molecule has 1 N–H and O–H groups in total. The minimum Gasteiger partial charge on any atom is -0.750 e. The molecule has 1 aromatic rings. The molecule has 1 aliphatic heterocycles. The molecule has 0 spiro atoms. The first-order valence-corrected chi connectivity index (χ1v) is 11.6. The smallest absolute Gasteiger partial charge is 0.128 e. The third-order valence-corrected chi connectivity index (χ3v) is 6.22. The third kappa shape index (κ3) is 7.08. The summed E-state index contributed by atoms with van der Waals surface area (Å²) in [5, 5.41) is 3.34. The molecule has 0 radical (unpaired) electrons. The highest BCUT2D eigenvalue weighted by Gasteiger charge is 2.24. The summed E-state index contributed by atoms with van der Waals surface area (Å²) >= 11 is -2.46. The Morgan fingerprint density at radius 3 is 2.64 bits per heavy atom. The zero-order chi connectivity index (χ0) is 19.6. The molecule has 0 amide bonds. The standard InChI is InChI=1S/C20H34N4O3S/c25-28(26)27-20(18-8-2-1-3-9-18)22-12-6-7-13-23-14-16-24(17-15-23)19-10-4-5-11-21-19/h4-5,10-11,18,20,22H,1-3,6-9,12-17H2,(H,25,26)/p-1. The average molecular weight is 410 g/mol. The van der Waals surface area contributed by atoms with E-state index in [1.165, 1.54) is 19.3 Å². The summed E-state index contributed by atoms with van der Waals surface area (Å²) in [5.74, 6) is 1.38. The highest BCUT2D eigenvalue weighted by molar-refractivity contribution is 7.74.